The predicted molar refractivity (Wildman–Crippen MR) is 72.5 cm³/mol. The summed E-state index contributed by atoms with van der Waals surface area (Å²) in [6.45, 7) is 9.34. The van der Waals surface area contributed by atoms with Crippen LogP contribution in [-0.4, -0.2) is 18.2 Å². The molecular formula is C14H28N2O. The summed E-state index contributed by atoms with van der Waals surface area (Å²) >= 11 is 0. The van der Waals surface area contributed by atoms with Crippen LogP contribution in [0.25, 0.3) is 0 Å². The van der Waals surface area contributed by atoms with E-state index in [0.717, 1.165) is 25.4 Å². The molecule has 0 aromatic heterocycles. The molecule has 100 valence electrons. The first-order valence-electron chi connectivity index (χ1n) is 6.79. The third-order valence-electron chi connectivity index (χ3n) is 3.67. The van der Waals surface area contributed by atoms with Gasteiger partial charge in [0.2, 0.25) is 0 Å². The van der Waals surface area contributed by atoms with E-state index in [1.54, 1.807) is 0 Å². The van der Waals surface area contributed by atoms with E-state index in [0.29, 0.717) is 0 Å². The lowest BCUT2D eigenvalue weighted by Crippen LogP contribution is -2.56. The molecule has 3 atom stereocenters. The summed E-state index contributed by atoms with van der Waals surface area (Å²) in [5, 5.41) is 0. The first kappa shape index (κ1) is 14.7. The standard InChI is InChI=1S/C14H28N2O/c1-5-17-14(8-6-7-12(4)10-14)13(16-15)9-11(2)3/h9,12-13,16H,5-8,10,15H2,1-4H3. The molecule has 1 saturated carbocycles. The van der Waals surface area contributed by atoms with E-state index < -0.39 is 0 Å². The molecule has 1 fully saturated rings. The second kappa shape index (κ2) is 6.53. The van der Waals surface area contributed by atoms with Crippen LogP contribution in [0.15, 0.2) is 11.6 Å². The Morgan fingerprint density at radius 3 is 2.76 bits per heavy atom. The van der Waals surface area contributed by atoms with E-state index in [2.05, 4.69) is 39.2 Å². The molecule has 0 radical (unpaired) electrons. The zero-order chi connectivity index (χ0) is 12.9. The quantitative estimate of drug-likeness (QED) is 0.441. The van der Waals surface area contributed by atoms with Gasteiger partial charge in [0.05, 0.1) is 11.6 Å². The van der Waals surface area contributed by atoms with Gasteiger partial charge in [-0.3, -0.25) is 11.3 Å². The van der Waals surface area contributed by atoms with Crippen molar-refractivity contribution in [2.24, 2.45) is 11.8 Å². The fraction of sp³-hybridized carbons (Fsp3) is 0.857. The van der Waals surface area contributed by atoms with Crippen LogP contribution in [0.1, 0.15) is 53.4 Å². The topological polar surface area (TPSA) is 47.3 Å². The van der Waals surface area contributed by atoms with Crippen molar-refractivity contribution in [3.05, 3.63) is 11.6 Å². The molecule has 0 aromatic rings. The predicted octanol–water partition coefficient (Wildman–Crippen LogP) is 2.77. The van der Waals surface area contributed by atoms with Gasteiger partial charge in [-0.2, -0.15) is 0 Å². The van der Waals surface area contributed by atoms with E-state index >= 15 is 0 Å². The van der Waals surface area contributed by atoms with Crippen molar-refractivity contribution in [1.82, 2.24) is 5.43 Å². The Morgan fingerprint density at radius 2 is 2.29 bits per heavy atom. The van der Waals surface area contributed by atoms with E-state index in [9.17, 15) is 0 Å². The number of hydrogen-bond acceptors (Lipinski definition) is 3. The monoisotopic (exact) mass is 240 g/mol. The summed E-state index contributed by atoms with van der Waals surface area (Å²) in [6.07, 6.45) is 6.94. The van der Waals surface area contributed by atoms with Gasteiger partial charge in [-0.25, -0.2) is 0 Å². The largest absolute Gasteiger partial charge is 0.373 e. The molecule has 0 bridgehead atoms. The van der Waals surface area contributed by atoms with Crippen molar-refractivity contribution in [1.29, 1.82) is 0 Å². The molecule has 0 aliphatic heterocycles. The van der Waals surface area contributed by atoms with Crippen molar-refractivity contribution in [3.63, 3.8) is 0 Å². The summed E-state index contributed by atoms with van der Waals surface area (Å²) in [7, 11) is 0. The van der Waals surface area contributed by atoms with E-state index in [1.807, 2.05) is 0 Å². The van der Waals surface area contributed by atoms with Crippen molar-refractivity contribution < 1.29 is 4.74 Å². The average molecular weight is 240 g/mol. The lowest BCUT2D eigenvalue weighted by Gasteiger charge is -2.44. The van der Waals surface area contributed by atoms with Crippen LogP contribution in [0.3, 0.4) is 0 Å². The van der Waals surface area contributed by atoms with Gasteiger partial charge in [0.25, 0.3) is 0 Å². The van der Waals surface area contributed by atoms with Crippen LogP contribution in [-0.2, 0) is 4.74 Å². The SMILES string of the molecule is CCOC1(C(C=C(C)C)NN)CCCC(C)C1. The van der Waals surface area contributed by atoms with Gasteiger partial charge < -0.3 is 4.74 Å². The van der Waals surface area contributed by atoms with Gasteiger partial charge in [-0.1, -0.05) is 31.4 Å². The minimum atomic E-state index is -0.113. The summed E-state index contributed by atoms with van der Waals surface area (Å²) in [5.41, 5.74) is 4.12. The summed E-state index contributed by atoms with van der Waals surface area (Å²) in [6, 6.07) is 0.121. The van der Waals surface area contributed by atoms with Gasteiger partial charge in [0.15, 0.2) is 0 Å². The average Bonchev–Trinajstić information content (AvgIpc) is 2.26. The van der Waals surface area contributed by atoms with Gasteiger partial charge in [0, 0.05) is 6.61 Å². The summed E-state index contributed by atoms with van der Waals surface area (Å²) in [4.78, 5) is 0. The third kappa shape index (κ3) is 3.80. The Balaban J connectivity index is 2.91. The lowest BCUT2D eigenvalue weighted by atomic mass is 9.74. The highest BCUT2D eigenvalue weighted by Crippen LogP contribution is 2.38. The molecule has 0 aromatic carbocycles. The van der Waals surface area contributed by atoms with Crippen LogP contribution in [0, 0.1) is 5.92 Å². The molecule has 0 spiro atoms. The van der Waals surface area contributed by atoms with Crippen LogP contribution >= 0.6 is 0 Å². The van der Waals surface area contributed by atoms with Crippen LogP contribution in [0.5, 0.6) is 0 Å². The second-order valence-corrected chi connectivity index (χ2v) is 5.59. The molecule has 0 heterocycles. The maximum Gasteiger partial charge on any atom is 0.0885 e. The van der Waals surface area contributed by atoms with Crippen LogP contribution < -0.4 is 11.3 Å². The fourth-order valence-corrected chi connectivity index (χ4v) is 3.02. The fourth-order valence-electron chi connectivity index (χ4n) is 3.02. The molecule has 3 nitrogen and oxygen atoms in total. The van der Waals surface area contributed by atoms with E-state index in [-0.39, 0.29) is 11.6 Å². The van der Waals surface area contributed by atoms with E-state index in [1.165, 1.54) is 18.4 Å². The molecule has 0 saturated heterocycles. The second-order valence-electron chi connectivity index (χ2n) is 5.59. The van der Waals surface area contributed by atoms with Gasteiger partial charge in [0.1, 0.15) is 0 Å². The maximum atomic E-state index is 6.11. The molecule has 1 aliphatic rings. The Kier molecular flexibility index (Phi) is 5.63. The number of hydrogen-bond donors (Lipinski definition) is 2. The number of rotatable bonds is 5. The Morgan fingerprint density at radius 1 is 1.59 bits per heavy atom. The molecule has 1 aliphatic carbocycles. The normalized spacial score (nSPS) is 31.0. The van der Waals surface area contributed by atoms with Gasteiger partial charge in [-0.05, 0) is 39.5 Å². The molecule has 3 unspecified atom stereocenters. The third-order valence-corrected chi connectivity index (χ3v) is 3.67. The number of allylic oxidation sites excluding steroid dienone is 1. The zero-order valence-electron chi connectivity index (χ0n) is 11.8. The van der Waals surface area contributed by atoms with Crippen molar-refractivity contribution in [2.45, 2.75) is 65.0 Å². The lowest BCUT2D eigenvalue weighted by molar-refractivity contribution is -0.0905. The van der Waals surface area contributed by atoms with Crippen molar-refractivity contribution in [3.8, 4) is 0 Å². The molecule has 3 heteroatoms. The Bertz CT molecular complexity index is 257. The Labute approximate surface area is 106 Å². The summed E-state index contributed by atoms with van der Waals surface area (Å²) < 4.78 is 6.11. The number of ether oxygens (including phenoxy) is 1. The highest BCUT2D eigenvalue weighted by atomic mass is 16.5. The van der Waals surface area contributed by atoms with Gasteiger partial charge in [-0.15, -0.1) is 0 Å². The van der Waals surface area contributed by atoms with Crippen LogP contribution in [0.4, 0.5) is 0 Å². The molecule has 17 heavy (non-hydrogen) atoms. The van der Waals surface area contributed by atoms with Crippen LogP contribution in [0.2, 0.25) is 0 Å². The highest BCUT2D eigenvalue weighted by Gasteiger charge is 2.41. The number of nitrogens with one attached hydrogen (secondary N) is 1. The minimum Gasteiger partial charge on any atom is -0.373 e. The first-order chi connectivity index (χ1) is 8.04. The zero-order valence-corrected chi connectivity index (χ0v) is 11.8. The van der Waals surface area contributed by atoms with Crippen molar-refractivity contribution >= 4 is 0 Å². The maximum absolute atomic E-state index is 6.11. The highest BCUT2D eigenvalue weighted by molar-refractivity contribution is 5.10. The molecule has 1 rings (SSSR count). The number of hydrazine groups is 1. The molecule has 0 amide bonds. The first-order valence-corrected chi connectivity index (χ1v) is 6.79. The molecular weight excluding hydrogens is 212 g/mol. The summed E-state index contributed by atoms with van der Waals surface area (Å²) in [5.74, 6) is 6.46. The Hall–Kier alpha value is -0.380. The van der Waals surface area contributed by atoms with Crippen molar-refractivity contribution in [2.75, 3.05) is 6.61 Å². The van der Waals surface area contributed by atoms with Gasteiger partial charge >= 0.3 is 0 Å². The van der Waals surface area contributed by atoms with E-state index in [4.69, 9.17) is 10.6 Å². The molecule has 3 N–H and O–H groups in total. The number of nitrogens with two attached hydrogens (primary N) is 1. The smallest absolute Gasteiger partial charge is 0.0885 e. The minimum absolute atomic E-state index is 0.113.